The van der Waals surface area contributed by atoms with Crippen molar-refractivity contribution in [1.82, 2.24) is 5.32 Å². The minimum absolute atomic E-state index is 0.195. The molecule has 2 aliphatic rings. The quantitative estimate of drug-likeness (QED) is 0.897. The first-order valence-corrected chi connectivity index (χ1v) is 8.25. The van der Waals surface area contributed by atoms with Crippen LogP contribution >= 0.6 is 0 Å². The van der Waals surface area contributed by atoms with Gasteiger partial charge in [-0.25, -0.2) is 0 Å². The Morgan fingerprint density at radius 2 is 2.05 bits per heavy atom. The van der Waals surface area contributed by atoms with E-state index in [1.807, 2.05) is 18.2 Å². The summed E-state index contributed by atoms with van der Waals surface area (Å²) in [5.41, 5.74) is 1.12. The molecule has 1 aromatic carbocycles. The average Bonchev–Trinajstić information content (AvgIpc) is 3.23. The molecule has 1 amide bonds. The highest BCUT2D eigenvalue weighted by molar-refractivity contribution is 5.81. The van der Waals surface area contributed by atoms with Gasteiger partial charge in [-0.15, -0.1) is 0 Å². The van der Waals surface area contributed by atoms with Gasteiger partial charge in [0, 0.05) is 12.5 Å². The van der Waals surface area contributed by atoms with E-state index in [1.54, 1.807) is 0 Å². The molecule has 1 aromatic rings. The van der Waals surface area contributed by atoms with Crippen molar-refractivity contribution in [3.63, 3.8) is 0 Å². The van der Waals surface area contributed by atoms with E-state index in [2.05, 4.69) is 18.3 Å². The Labute approximate surface area is 127 Å². The monoisotopic (exact) mass is 287 g/mol. The van der Waals surface area contributed by atoms with E-state index in [0.29, 0.717) is 18.6 Å². The van der Waals surface area contributed by atoms with Crippen LogP contribution in [0.25, 0.3) is 0 Å². The van der Waals surface area contributed by atoms with Crippen LogP contribution < -0.4 is 10.1 Å². The Morgan fingerprint density at radius 1 is 1.29 bits per heavy atom. The van der Waals surface area contributed by atoms with Crippen molar-refractivity contribution >= 4 is 5.91 Å². The second-order valence-corrected chi connectivity index (χ2v) is 6.56. The third-order valence-electron chi connectivity index (χ3n) is 4.67. The van der Waals surface area contributed by atoms with Crippen LogP contribution in [0.15, 0.2) is 24.3 Å². The largest absolute Gasteiger partial charge is 0.490 e. The standard InChI is InChI=1S/C18H25NO2/c1-13-10-17(13)18(20)19-12-14-6-5-9-16(11-14)21-15-7-3-2-4-8-15/h5-6,9,11,13,15,17H,2-4,7-8,10,12H2,1H3,(H,19,20). The number of benzene rings is 1. The summed E-state index contributed by atoms with van der Waals surface area (Å²) in [4.78, 5) is 11.8. The van der Waals surface area contributed by atoms with Gasteiger partial charge in [0.1, 0.15) is 5.75 Å². The number of hydrogen-bond acceptors (Lipinski definition) is 2. The molecule has 2 unspecified atom stereocenters. The van der Waals surface area contributed by atoms with Gasteiger partial charge in [0.05, 0.1) is 6.10 Å². The molecular weight excluding hydrogens is 262 g/mol. The number of hydrogen-bond donors (Lipinski definition) is 1. The highest BCUT2D eigenvalue weighted by atomic mass is 16.5. The molecule has 114 valence electrons. The lowest BCUT2D eigenvalue weighted by molar-refractivity contribution is -0.122. The minimum Gasteiger partial charge on any atom is -0.490 e. The van der Waals surface area contributed by atoms with Crippen molar-refractivity contribution in [3.8, 4) is 5.75 Å². The third-order valence-corrected chi connectivity index (χ3v) is 4.67. The first-order valence-electron chi connectivity index (χ1n) is 8.25. The van der Waals surface area contributed by atoms with Crippen LogP contribution in [0.2, 0.25) is 0 Å². The maximum atomic E-state index is 11.8. The van der Waals surface area contributed by atoms with Gasteiger partial charge in [0.2, 0.25) is 5.91 Å². The molecule has 2 fully saturated rings. The van der Waals surface area contributed by atoms with Crippen LogP contribution in [0.3, 0.4) is 0 Å². The van der Waals surface area contributed by atoms with Crippen LogP contribution in [-0.4, -0.2) is 12.0 Å². The Kier molecular flexibility index (Phi) is 4.47. The Balaban J connectivity index is 1.51. The number of rotatable bonds is 5. The van der Waals surface area contributed by atoms with Gasteiger partial charge in [-0.1, -0.05) is 25.5 Å². The third kappa shape index (κ3) is 3.99. The lowest BCUT2D eigenvalue weighted by atomic mass is 9.98. The molecule has 0 bridgehead atoms. The normalized spacial score (nSPS) is 25.4. The van der Waals surface area contributed by atoms with E-state index in [1.165, 1.54) is 32.1 Å². The van der Waals surface area contributed by atoms with E-state index in [4.69, 9.17) is 4.74 Å². The fourth-order valence-corrected chi connectivity index (χ4v) is 3.11. The fraction of sp³-hybridized carbons (Fsp3) is 0.611. The van der Waals surface area contributed by atoms with Gasteiger partial charge in [-0.2, -0.15) is 0 Å². The molecule has 3 rings (SSSR count). The average molecular weight is 287 g/mol. The molecule has 0 aromatic heterocycles. The summed E-state index contributed by atoms with van der Waals surface area (Å²) < 4.78 is 6.07. The van der Waals surface area contributed by atoms with E-state index >= 15 is 0 Å². The number of amides is 1. The fourth-order valence-electron chi connectivity index (χ4n) is 3.11. The number of ether oxygens (including phenoxy) is 1. The van der Waals surface area contributed by atoms with Gasteiger partial charge >= 0.3 is 0 Å². The zero-order valence-electron chi connectivity index (χ0n) is 12.8. The Hall–Kier alpha value is -1.51. The van der Waals surface area contributed by atoms with Crippen molar-refractivity contribution in [3.05, 3.63) is 29.8 Å². The van der Waals surface area contributed by atoms with Gasteiger partial charge in [0.25, 0.3) is 0 Å². The van der Waals surface area contributed by atoms with E-state index < -0.39 is 0 Å². The molecule has 3 heteroatoms. The molecule has 0 aliphatic heterocycles. The van der Waals surface area contributed by atoms with Gasteiger partial charge < -0.3 is 10.1 Å². The second kappa shape index (κ2) is 6.50. The lowest BCUT2D eigenvalue weighted by Gasteiger charge is -2.23. The SMILES string of the molecule is CC1CC1C(=O)NCc1cccc(OC2CCCCC2)c1. The van der Waals surface area contributed by atoms with Gasteiger partial charge in [-0.3, -0.25) is 4.79 Å². The van der Waals surface area contributed by atoms with Crippen molar-refractivity contribution in [2.24, 2.45) is 11.8 Å². The van der Waals surface area contributed by atoms with Crippen LogP contribution in [0.1, 0.15) is 51.0 Å². The molecule has 0 spiro atoms. The number of nitrogens with one attached hydrogen (secondary N) is 1. The van der Waals surface area contributed by atoms with E-state index in [0.717, 1.165) is 17.7 Å². The summed E-state index contributed by atoms with van der Waals surface area (Å²) >= 11 is 0. The summed E-state index contributed by atoms with van der Waals surface area (Å²) in [5, 5.41) is 3.03. The zero-order valence-corrected chi connectivity index (χ0v) is 12.8. The van der Waals surface area contributed by atoms with Crippen molar-refractivity contribution < 1.29 is 9.53 Å². The Bertz CT molecular complexity index is 494. The van der Waals surface area contributed by atoms with E-state index in [9.17, 15) is 4.79 Å². The maximum absolute atomic E-state index is 11.8. The first-order chi connectivity index (χ1) is 10.2. The van der Waals surface area contributed by atoms with Crippen LogP contribution in [0.4, 0.5) is 0 Å². The van der Waals surface area contributed by atoms with Crippen molar-refractivity contribution in [1.29, 1.82) is 0 Å². The summed E-state index contributed by atoms with van der Waals surface area (Å²) in [6.45, 7) is 2.73. The lowest BCUT2D eigenvalue weighted by Crippen LogP contribution is -2.25. The molecule has 0 saturated heterocycles. The molecule has 1 N–H and O–H groups in total. The summed E-state index contributed by atoms with van der Waals surface area (Å²) in [5.74, 6) is 1.94. The van der Waals surface area contributed by atoms with Crippen LogP contribution in [-0.2, 0) is 11.3 Å². The molecule has 2 atom stereocenters. The predicted octanol–water partition coefficient (Wildman–Crippen LogP) is 3.67. The number of carbonyl (C=O) groups excluding carboxylic acids is 1. The summed E-state index contributed by atoms with van der Waals surface area (Å²) in [7, 11) is 0. The zero-order chi connectivity index (χ0) is 14.7. The van der Waals surface area contributed by atoms with Crippen LogP contribution in [0, 0.1) is 11.8 Å². The predicted molar refractivity (Wildman–Crippen MR) is 83.1 cm³/mol. The highest BCUT2D eigenvalue weighted by Crippen LogP contribution is 2.37. The van der Waals surface area contributed by atoms with Gasteiger partial charge in [0.15, 0.2) is 0 Å². The van der Waals surface area contributed by atoms with Gasteiger partial charge in [-0.05, 0) is 55.7 Å². The van der Waals surface area contributed by atoms with Crippen molar-refractivity contribution in [2.75, 3.05) is 0 Å². The molecule has 3 nitrogen and oxygen atoms in total. The molecule has 2 saturated carbocycles. The Morgan fingerprint density at radius 3 is 2.76 bits per heavy atom. The molecular formula is C18H25NO2. The molecule has 21 heavy (non-hydrogen) atoms. The number of carbonyl (C=O) groups is 1. The summed E-state index contributed by atoms with van der Waals surface area (Å²) in [6.07, 6.45) is 7.64. The smallest absolute Gasteiger partial charge is 0.223 e. The minimum atomic E-state index is 0.195. The van der Waals surface area contributed by atoms with Crippen LogP contribution in [0.5, 0.6) is 5.75 Å². The highest BCUT2D eigenvalue weighted by Gasteiger charge is 2.38. The maximum Gasteiger partial charge on any atom is 0.223 e. The molecule has 0 heterocycles. The molecule has 0 radical (unpaired) electrons. The summed E-state index contributed by atoms with van der Waals surface area (Å²) in [6, 6.07) is 8.14. The first kappa shape index (κ1) is 14.4. The van der Waals surface area contributed by atoms with E-state index in [-0.39, 0.29) is 11.8 Å². The molecule has 2 aliphatic carbocycles. The second-order valence-electron chi connectivity index (χ2n) is 6.56. The topological polar surface area (TPSA) is 38.3 Å². The van der Waals surface area contributed by atoms with Crippen molar-refractivity contribution in [2.45, 2.75) is 58.1 Å².